The highest BCUT2D eigenvalue weighted by Crippen LogP contribution is 2.28. The summed E-state index contributed by atoms with van der Waals surface area (Å²) in [6, 6.07) is -0.00354. The Labute approximate surface area is 115 Å². The van der Waals surface area contributed by atoms with Crippen molar-refractivity contribution >= 4 is 27.7 Å². The third-order valence-electron chi connectivity index (χ3n) is 2.70. The summed E-state index contributed by atoms with van der Waals surface area (Å²) in [4.78, 5) is 0. The van der Waals surface area contributed by atoms with Gasteiger partial charge < -0.3 is 10.5 Å². The van der Waals surface area contributed by atoms with E-state index in [0.29, 0.717) is 12.5 Å². The summed E-state index contributed by atoms with van der Waals surface area (Å²) in [5.41, 5.74) is 7.36. The molecule has 0 bridgehead atoms. The van der Waals surface area contributed by atoms with Crippen molar-refractivity contribution < 1.29 is 4.74 Å². The van der Waals surface area contributed by atoms with Crippen molar-refractivity contribution in [2.24, 2.45) is 11.7 Å². The van der Waals surface area contributed by atoms with E-state index in [1.807, 2.05) is 16.4 Å². The molecule has 0 spiro atoms. The Hall–Kier alpha value is -0.0400. The standard InChI is InChI=1S/C11H20BrN3OS/c1-8(7-17-3)10(13)11-9(12)6-14-15(11)4-5-16-2/h6,8,10H,4-5,7,13H2,1-3H3. The number of nitrogens with two attached hydrogens (primary N) is 1. The zero-order chi connectivity index (χ0) is 12.8. The fourth-order valence-corrected chi connectivity index (χ4v) is 2.99. The summed E-state index contributed by atoms with van der Waals surface area (Å²) in [7, 11) is 1.69. The van der Waals surface area contributed by atoms with Gasteiger partial charge in [-0.1, -0.05) is 6.92 Å². The predicted molar refractivity (Wildman–Crippen MR) is 76.3 cm³/mol. The van der Waals surface area contributed by atoms with Crippen LogP contribution in [0.4, 0.5) is 0 Å². The van der Waals surface area contributed by atoms with Crippen LogP contribution in [-0.4, -0.2) is 35.5 Å². The molecule has 0 amide bonds. The van der Waals surface area contributed by atoms with Gasteiger partial charge in [-0.05, 0) is 33.9 Å². The van der Waals surface area contributed by atoms with Gasteiger partial charge >= 0.3 is 0 Å². The first-order chi connectivity index (χ1) is 8.11. The van der Waals surface area contributed by atoms with Crippen LogP contribution in [0.2, 0.25) is 0 Å². The maximum atomic E-state index is 6.30. The van der Waals surface area contributed by atoms with Crippen LogP contribution < -0.4 is 5.73 Å². The molecule has 1 aromatic rings. The van der Waals surface area contributed by atoms with E-state index in [-0.39, 0.29) is 6.04 Å². The first-order valence-electron chi connectivity index (χ1n) is 5.56. The molecule has 2 atom stereocenters. The van der Waals surface area contributed by atoms with Gasteiger partial charge in [0.25, 0.3) is 0 Å². The van der Waals surface area contributed by atoms with Crippen LogP contribution in [0.3, 0.4) is 0 Å². The molecule has 98 valence electrons. The number of nitrogens with zero attached hydrogens (tertiary/aromatic N) is 2. The minimum Gasteiger partial charge on any atom is -0.383 e. The predicted octanol–water partition coefficient (Wildman–Crippen LogP) is 2.29. The molecule has 0 fully saturated rings. The molecule has 1 heterocycles. The minimum absolute atomic E-state index is 0.00354. The number of methoxy groups -OCH3 is 1. The van der Waals surface area contributed by atoms with Crippen LogP contribution in [0.25, 0.3) is 0 Å². The molecule has 1 rings (SSSR count). The van der Waals surface area contributed by atoms with Gasteiger partial charge in [-0.2, -0.15) is 16.9 Å². The van der Waals surface area contributed by atoms with E-state index in [1.54, 1.807) is 13.3 Å². The lowest BCUT2D eigenvalue weighted by Crippen LogP contribution is -2.25. The largest absolute Gasteiger partial charge is 0.383 e. The summed E-state index contributed by atoms with van der Waals surface area (Å²) >= 11 is 5.33. The fraction of sp³-hybridized carbons (Fsp3) is 0.727. The molecule has 0 aromatic carbocycles. The van der Waals surface area contributed by atoms with E-state index >= 15 is 0 Å². The Balaban J connectivity index is 2.83. The second kappa shape index (κ2) is 7.41. The molecule has 6 heteroatoms. The van der Waals surface area contributed by atoms with Crippen molar-refractivity contribution in [2.75, 3.05) is 25.7 Å². The second-order valence-corrected chi connectivity index (χ2v) is 5.82. The number of aromatic nitrogens is 2. The summed E-state index contributed by atoms with van der Waals surface area (Å²) < 4.78 is 7.98. The van der Waals surface area contributed by atoms with Crippen molar-refractivity contribution in [3.8, 4) is 0 Å². The fourth-order valence-electron chi connectivity index (χ4n) is 1.70. The summed E-state index contributed by atoms with van der Waals surface area (Å²) in [5, 5.41) is 4.32. The quantitative estimate of drug-likeness (QED) is 0.837. The molecule has 4 nitrogen and oxygen atoms in total. The van der Waals surface area contributed by atoms with Gasteiger partial charge in [0.2, 0.25) is 0 Å². The lowest BCUT2D eigenvalue weighted by atomic mass is 10.0. The Bertz CT molecular complexity index is 345. The average Bonchev–Trinajstić information content (AvgIpc) is 2.67. The molecule has 0 aliphatic rings. The molecule has 0 saturated heterocycles. The van der Waals surface area contributed by atoms with E-state index in [9.17, 15) is 0 Å². The number of thioether (sulfide) groups is 1. The zero-order valence-corrected chi connectivity index (χ0v) is 12.9. The number of rotatable bonds is 7. The van der Waals surface area contributed by atoms with Crippen LogP contribution in [0.5, 0.6) is 0 Å². The van der Waals surface area contributed by atoms with Crippen molar-refractivity contribution in [1.29, 1.82) is 0 Å². The number of ether oxygens (including phenoxy) is 1. The number of hydrogen-bond donors (Lipinski definition) is 1. The summed E-state index contributed by atoms with van der Waals surface area (Å²) in [5.74, 6) is 1.46. The third-order valence-corrected chi connectivity index (χ3v) is 4.17. The van der Waals surface area contributed by atoms with Crippen molar-refractivity contribution in [2.45, 2.75) is 19.5 Å². The van der Waals surface area contributed by atoms with Crippen LogP contribution in [0.1, 0.15) is 18.7 Å². The lowest BCUT2D eigenvalue weighted by Gasteiger charge is -2.21. The van der Waals surface area contributed by atoms with Gasteiger partial charge in [0.1, 0.15) is 0 Å². The molecule has 2 unspecified atom stereocenters. The Morgan fingerprint density at radius 2 is 2.35 bits per heavy atom. The summed E-state index contributed by atoms with van der Waals surface area (Å²) in [6.45, 7) is 3.54. The van der Waals surface area contributed by atoms with E-state index in [0.717, 1.165) is 22.5 Å². The van der Waals surface area contributed by atoms with E-state index in [4.69, 9.17) is 10.5 Å². The first kappa shape index (κ1) is 15.0. The molecular formula is C11H20BrN3OS. The third kappa shape index (κ3) is 3.98. The van der Waals surface area contributed by atoms with Gasteiger partial charge in [-0.3, -0.25) is 4.68 Å². The number of hydrogen-bond acceptors (Lipinski definition) is 4. The SMILES string of the molecule is COCCn1ncc(Br)c1C(N)C(C)CSC. The normalized spacial score (nSPS) is 14.9. The van der Waals surface area contributed by atoms with Gasteiger partial charge in [0.15, 0.2) is 0 Å². The Morgan fingerprint density at radius 1 is 1.65 bits per heavy atom. The minimum atomic E-state index is -0.00354. The maximum absolute atomic E-state index is 6.30. The average molecular weight is 322 g/mol. The van der Waals surface area contributed by atoms with Gasteiger partial charge in [-0.15, -0.1) is 0 Å². The van der Waals surface area contributed by atoms with Crippen molar-refractivity contribution in [3.63, 3.8) is 0 Å². The molecule has 2 N–H and O–H groups in total. The van der Waals surface area contributed by atoms with Crippen molar-refractivity contribution in [3.05, 3.63) is 16.4 Å². The van der Waals surface area contributed by atoms with Crippen LogP contribution in [-0.2, 0) is 11.3 Å². The van der Waals surface area contributed by atoms with E-state index < -0.39 is 0 Å². The van der Waals surface area contributed by atoms with E-state index in [1.165, 1.54) is 0 Å². The molecule has 0 saturated carbocycles. The number of halogens is 1. The molecule has 0 aliphatic carbocycles. The van der Waals surface area contributed by atoms with Crippen LogP contribution in [0, 0.1) is 5.92 Å². The van der Waals surface area contributed by atoms with Gasteiger partial charge in [-0.25, -0.2) is 0 Å². The summed E-state index contributed by atoms with van der Waals surface area (Å²) in [6.07, 6.45) is 3.90. The highest BCUT2D eigenvalue weighted by atomic mass is 79.9. The van der Waals surface area contributed by atoms with Crippen LogP contribution >= 0.6 is 27.7 Å². The smallest absolute Gasteiger partial charge is 0.0697 e. The maximum Gasteiger partial charge on any atom is 0.0697 e. The van der Waals surface area contributed by atoms with Gasteiger partial charge in [0.05, 0.1) is 35.6 Å². The van der Waals surface area contributed by atoms with Crippen molar-refractivity contribution in [1.82, 2.24) is 9.78 Å². The Morgan fingerprint density at radius 3 is 2.94 bits per heavy atom. The van der Waals surface area contributed by atoms with Crippen LogP contribution in [0.15, 0.2) is 10.7 Å². The molecular weight excluding hydrogens is 302 g/mol. The Kier molecular flexibility index (Phi) is 6.54. The zero-order valence-electron chi connectivity index (χ0n) is 10.5. The van der Waals surface area contributed by atoms with Gasteiger partial charge in [0, 0.05) is 7.11 Å². The molecule has 17 heavy (non-hydrogen) atoms. The topological polar surface area (TPSA) is 53.1 Å². The highest BCUT2D eigenvalue weighted by Gasteiger charge is 2.21. The van der Waals surface area contributed by atoms with E-state index in [2.05, 4.69) is 34.2 Å². The first-order valence-corrected chi connectivity index (χ1v) is 7.75. The molecule has 0 aliphatic heterocycles. The lowest BCUT2D eigenvalue weighted by molar-refractivity contribution is 0.181. The second-order valence-electron chi connectivity index (χ2n) is 4.05. The molecule has 0 radical (unpaired) electrons. The molecule has 1 aromatic heterocycles. The monoisotopic (exact) mass is 321 g/mol. The highest BCUT2D eigenvalue weighted by molar-refractivity contribution is 9.10.